The highest BCUT2D eigenvalue weighted by Gasteiger charge is 2.14. The van der Waals surface area contributed by atoms with Crippen LogP contribution in [-0.4, -0.2) is 38.7 Å². The molecule has 6 nitrogen and oxygen atoms in total. The van der Waals surface area contributed by atoms with Gasteiger partial charge in [-0.2, -0.15) is 4.98 Å². The Morgan fingerprint density at radius 3 is 2.65 bits per heavy atom. The number of nitrogens with zero attached hydrogens (tertiary/aromatic N) is 4. The van der Waals surface area contributed by atoms with Gasteiger partial charge in [-0.15, -0.1) is 0 Å². The van der Waals surface area contributed by atoms with E-state index in [0.29, 0.717) is 30.5 Å². The average Bonchev–Trinajstić information content (AvgIpc) is 3.04. The molecule has 2 aromatic heterocycles. The Labute approximate surface area is 134 Å². The van der Waals surface area contributed by atoms with E-state index in [2.05, 4.69) is 15.1 Å². The van der Waals surface area contributed by atoms with Gasteiger partial charge in [-0.3, -0.25) is 9.88 Å². The molecule has 0 saturated carbocycles. The molecule has 0 aliphatic heterocycles. The normalized spacial score (nSPS) is 12.5. The number of aromatic nitrogens is 3. The van der Waals surface area contributed by atoms with E-state index in [0.717, 1.165) is 5.56 Å². The first kappa shape index (κ1) is 15.3. The number of hydrogen-bond donors (Lipinski definition) is 1. The molecule has 1 N–H and O–H groups in total. The second kappa shape index (κ2) is 7.13. The van der Waals surface area contributed by atoms with E-state index < -0.39 is 6.10 Å². The van der Waals surface area contributed by atoms with Crippen molar-refractivity contribution >= 4 is 0 Å². The molecule has 3 rings (SSSR count). The van der Waals surface area contributed by atoms with E-state index in [1.165, 1.54) is 0 Å². The number of benzene rings is 1. The molecule has 1 unspecified atom stereocenters. The van der Waals surface area contributed by atoms with E-state index in [-0.39, 0.29) is 0 Å². The first-order chi connectivity index (χ1) is 11.2. The number of rotatable bonds is 6. The summed E-state index contributed by atoms with van der Waals surface area (Å²) in [5.74, 6) is 0.964. The highest BCUT2D eigenvalue weighted by atomic mass is 16.5. The van der Waals surface area contributed by atoms with E-state index in [4.69, 9.17) is 4.52 Å². The van der Waals surface area contributed by atoms with Crippen molar-refractivity contribution in [2.75, 3.05) is 13.6 Å². The lowest BCUT2D eigenvalue weighted by Crippen LogP contribution is -2.24. The third-order valence-corrected chi connectivity index (χ3v) is 3.44. The number of likely N-dealkylation sites (N-methyl/N-ethyl adjacent to an activating group) is 1. The molecule has 0 bridgehead atoms. The summed E-state index contributed by atoms with van der Waals surface area (Å²) in [5.41, 5.74) is 1.56. The van der Waals surface area contributed by atoms with Gasteiger partial charge in [0.05, 0.1) is 12.6 Å². The highest BCUT2D eigenvalue weighted by Crippen LogP contribution is 2.16. The molecule has 118 valence electrons. The Morgan fingerprint density at radius 1 is 1.13 bits per heavy atom. The van der Waals surface area contributed by atoms with Crippen molar-refractivity contribution in [1.29, 1.82) is 0 Å². The Hall–Kier alpha value is -2.57. The zero-order chi connectivity index (χ0) is 16.1. The predicted molar refractivity (Wildman–Crippen MR) is 85.3 cm³/mol. The standard InChI is InChI=1S/C17H18N4O2/c1-21(11-15(22)13-7-3-2-4-8-13)12-16-19-17(20-23-16)14-9-5-6-10-18-14/h2-10,15,22H,11-12H2,1H3. The van der Waals surface area contributed by atoms with Gasteiger partial charge in [-0.05, 0) is 24.7 Å². The lowest BCUT2D eigenvalue weighted by atomic mass is 10.1. The van der Waals surface area contributed by atoms with Crippen LogP contribution < -0.4 is 0 Å². The molecule has 0 aliphatic carbocycles. The second-order valence-corrected chi connectivity index (χ2v) is 5.35. The summed E-state index contributed by atoms with van der Waals surface area (Å²) in [6.07, 6.45) is 1.13. The molecule has 23 heavy (non-hydrogen) atoms. The van der Waals surface area contributed by atoms with E-state index in [9.17, 15) is 5.11 Å². The van der Waals surface area contributed by atoms with Crippen molar-refractivity contribution < 1.29 is 9.63 Å². The molecule has 3 aromatic rings. The van der Waals surface area contributed by atoms with Crippen molar-refractivity contribution in [3.8, 4) is 11.5 Å². The van der Waals surface area contributed by atoms with Crippen molar-refractivity contribution in [3.63, 3.8) is 0 Å². The van der Waals surface area contributed by atoms with Crippen LogP contribution in [0.3, 0.4) is 0 Å². The van der Waals surface area contributed by atoms with Gasteiger partial charge in [0.25, 0.3) is 0 Å². The van der Waals surface area contributed by atoms with Gasteiger partial charge in [0.1, 0.15) is 5.69 Å². The minimum absolute atomic E-state index is 0.462. The van der Waals surface area contributed by atoms with Crippen molar-refractivity contribution in [1.82, 2.24) is 20.0 Å². The Morgan fingerprint density at radius 2 is 1.91 bits per heavy atom. The fourth-order valence-corrected chi connectivity index (χ4v) is 2.29. The van der Waals surface area contributed by atoms with Crippen molar-refractivity contribution in [2.24, 2.45) is 0 Å². The van der Waals surface area contributed by atoms with Gasteiger partial charge >= 0.3 is 0 Å². The van der Waals surface area contributed by atoms with Crippen LogP contribution in [0.2, 0.25) is 0 Å². The molecule has 0 aliphatic rings. The maximum atomic E-state index is 10.2. The largest absolute Gasteiger partial charge is 0.387 e. The van der Waals surface area contributed by atoms with Crippen LogP contribution in [0.1, 0.15) is 17.6 Å². The van der Waals surface area contributed by atoms with Crippen LogP contribution in [0.5, 0.6) is 0 Å². The summed E-state index contributed by atoms with van der Waals surface area (Å²) < 4.78 is 5.25. The van der Waals surface area contributed by atoms with Crippen molar-refractivity contribution in [3.05, 3.63) is 66.2 Å². The van der Waals surface area contributed by atoms with Crippen LogP contribution in [-0.2, 0) is 6.54 Å². The smallest absolute Gasteiger partial charge is 0.241 e. The summed E-state index contributed by atoms with van der Waals surface area (Å²) in [4.78, 5) is 10.5. The van der Waals surface area contributed by atoms with Crippen LogP contribution in [0.4, 0.5) is 0 Å². The zero-order valence-electron chi connectivity index (χ0n) is 12.8. The zero-order valence-corrected chi connectivity index (χ0v) is 12.8. The van der Waals surface area contributed by atoms with Gasteiger partial charge in [0.15, 0.2) is 0 Å². The van der Waals surface area contributed by atoms with E-state index in [1.54, 1.807) is 6.20 Å². The summed E-state index contributed by atoms with van der Waals surface area (Å²) in [7, 11) is 1.90. The fourth-order valence-electron chi connectivity index (χ4n) is 2.29. The lowest BCUT2D eigenvalue weighted by molar-refractivity contribution is 0.118. The first-order valence-corrected chi connectivity index (χ1v) is 7.38. The van der Waals surface area contributed by atoms with Gasteiger partial charge in [-0.1, -0.05) is 41.6 Å². The molecule has 6 heteroatoms. The third-order valence-electron chi connectivity index (χ3n) is 3.44. The van der Waals surface area contributed by atoms with Crippen LogP contribution in [0.15, 0.2) is 59.3 Å². The number of hydrogen-bond acceptors (Lipinski definition) is 6. The first-order valence-electron chi connectivity index (χ1n) is 7.38. The van der Waals surface area contributed by atoms with Crippen molar-refractivity contribution in [2.45, 2.75) is 12.6 Å². The Bertz CT molecular complexity index is 731. The minimum atomic E-state index is -0.556. The Kier molecular flexibility index (Phi) is 4.75. The van der Waals surface area contributed by atoms with Gasteiger partial charge in [-0.25, -0.2) is 0 Å². The number of pyridine rings is 1. The average molecular weight is 310 g/mol. The topological polar surface area (TPSA) is 75.3 Å². The summed E-state index contributed by atoms with van der Waals surface area (Å²) in [6, 6.07) is 15.1. The molecule has 1 aromatic carbocycles. The van der Waals surface area contributed by atoms with E-state index in [1.807, 2.05) is 60.5 Å². The van der Waals surface area contributed by atoms with Gasteiger partial charge in [0.2, 0.25) is 11.7 Å². The quantitative estimate of drug-likeness (QED) is 0.753. The molecule has 1 atom stereocenters. The maximum Gasteiger partial charge on any atom is 0.241 e. The molecule has 0 saturated heterocycles. The summed E-state index contributed by atoms with van der Waals surface area (Å²) >= 11 is 0. The molecule has 0 radical (unpaired) electrons. The SMILES string of the molecule is CN(Cc1nc(-c2ccccn2)no1)CC(O)c1ccccc1. The van der Waals surface area contributed by atoms with Crippen LogP contribution >= 0.6 is 0 Å². The van der Waals surface area contributed by atoms with Crippen LogP contribution in [0, 0.1) is 0 Å². The molecule has 0 spiro atoms. The summed E-state index contributed by atoms with van der Waals surface area (Å²) in [5, 5.41) is 14.2. The van der Waals surface area contributed by atoms with Crippen LogP contribution in [0.25, 0.3) is 11.5 Å². The second-order valence-electron chi connectivity index (χ2n) is 5.35. The maximum absolute atomic E-state index is 10.2. The molecular weight excluding hydrogens is 292 g/mol. The highest BCUT2D eigenvalue weighted by molar-refractivity contribution is 5.46. The lowest BCUT2D eigenvalue weighted by Gasteiger charge is -2.19. The molecule has 0 amide bonds. The van der Waals surface area contributed by atoms with Gasteiger partial charge in [0, 0.05) is 12.7 Å². The van der Waals surface area contributed by atoms with E-state index >= 15 is 0 Å². The minimum Gasteiger partial charge on any atom is -0.387 e. The monoisotopic (exact) mass is 310 g/mol. The fraction of sp³-hybridized carbons (Fsp3) is 0.235. The molecule has 2 heterocycles. The molecule has 0 fully saturated rings. The Balaban J connectivity index is 1.60. The predicted octanol–water partition coefficient (Wildman–Crippen LogP) is 2.30. The summed E-state index contributed by atoms with van der Waals surface area (Å²) in [6.45, 7) is 0.940. The molecular formula is C17H18N4O2. The number of aliphatic hydroxyl groups excluding tert-OH is 1. The van der Waals surface area contributed by atoms with Gasteiger partial charge < -0.3 is 9.63 Å². The third kappa shape index (κ3) is 4.00. The number of aliphatic hydroxyl groups is 1.